The van der Waals surface area contributed by atoms with E-state index in [1.54, 1.807) is 6.07 Å². The van der Waals surface area contributed by atoms with Gasteiger partial charge in [-0.15, -0.1) is 0 Å². The quantitative estimate of drug-likeness (QED) is 0.743. The molecule has 1 saturated heterocycles. The molecule has 1 aliphatic carbocycles. The van der Waals surface area contributed by atoms with Gasteiger partial charge in [0.15, 0.2) is 0 Å². The van der Waals surface area contributed by atoms with E-state index in [0.29, 0.717) is 11.3 Å². The molecule has 2 heteroatoms. The van der Waals surface area contributed by atoms with Crippen molar-refractivity contribution < 1.29 is 4.39 Å². The molecule has 1 spiro atoms. The summed E-state index contributed by atoms with van der Waals surface area (Å²) in [6.45, 7) is 2.26. The second-order valence-corrected chi connectivity index (χ2v) is 4.92. The lowest BCUT2D eigenvalue weighted by Crippen LogP contribution is -2.29. The van der Waals surface area contributed by atoms with E-state index in [1.165, 1.54) is 30.9 Å². The third-order valence-electron chi connectivity index (χ3n) is 4.04. The number of halogens is 1. The highest BCUT2D eigenvalue weighted by atomic mass is 19.1. The molecule has 3 rings (SSSR count). The van der Waals surface area contributed by atoms with Crippen LogP contribution >= 0.6 is 0 Å². The fraction of sp³-hybridized carbons (Fsp3) is 0.538. The van der Waals surface area contributed by atoms with Crippen molar-refractivity contribution in [2.45, 2.75) is 25.2 Å². The van der Waals surface area contributed by atoms with Crippen molar-refractivity contribution in [1.29, 1.82) is 0 Å². The van der Waals surface area contributed by atoms with Gasteiger partial charge in [-0.3, -0.25) is 0 Å². The van der Waals surface area contributed by atoms with Crippen LogP contribution in [0.4, 0.5) is 4.39 Å². The highest BCUT2D eigenvalue weighted by Gasteiger charge is 2.54. The topological polar surface area (TPSA) is 12.0 Å². The summed E-state index contributed by atoms with van der Waals surface area (Å²) in [5, 5.41) is 3.39. The van der Waals surface area contributed by atoms with E-state index in [4.69, 9.17) is 0 Å². The Hall–Kier alpha value is -0.890. The highest BCUT2D eigenvalue weighted by Crippen LogP contribution is 2.64. The van der Waals surface area contributed by atoms with Crippen LogP contribution in [-0.2, 0) is 0 Å². The Kier molecular flexibility index (Phi) is 2.06. The summed E-state index contributed by atoms with van der Waals surface area (Å²) in [5.41, 5.74) is 1.72. The van der Waals surface area contributed by atoms with Crippen LogP contribution in [0, 0.1) is 11.2 Å². The van der Waals surface area contributed by atoms with Crippen LogP contribution < -0.4 is 5.32 Å². The van der Waals surface area contributed by atoms with Crippen molar-refractivity contribution in [2.75, 3.05) is 13.1 Å². The molecule has 2 aliphatic rings. The van der Waals surface area contributed by atoms with Crippen molar-refractivity contribution in [3.63, 3.8) is 0 Å². The molecule has 1 aliphatic heterocycles. The average Bonchev–Trinajstić information content (AvgIpc) is 2.93. The first-order valence-electron chi connectivity index (χ1n) is 5.76. The Balaban J connectivity index is 1.80. The summed E-state index contributed by atoms with van der Waals surface area (Å²) in [6.07, 6.45) is 3.78. The first-order valence-corrected chi connectivity index (χ1v) is 5.76. The minimum absolute atomic E-state index is 0.0940. The van der Waals surface area contributed by atoms with Crippen LogP contribution in [0.15, 0.2) is 24.3 Å². The SMILES string of the molecule is Fc1cccc(C2CC23CCNCC3)c1. The third kappa shape index (κ3) is 1.57. The molecule has 1 heterocycles. The molecule has 1 saturated carbocycles. The molecule has 1 nitrogen and oxygen atoms in total. The largest absolute Gasteiger partial charge is 0.317 e. The summed E-state index contributed by atoms with van der Waals surface area (Å²) < 4.78 is 13.1. The second kappa shape index (κ2) is 3.31. The lowest BCUT2D eigenvalue weighted by Gasteiger charge is -2.23. The van der Waals surface area contributed by atoms with Crippen molar-refractivity contribution in [2.24, 2.45) is 5.41 Å². The predicted molar refractivity (Wildman–Crippen MR) is 58.3 cm³/mol. The lowest BCUT2D eigenvalue weighted by molar-refractivity contribution is 0.342. The Morgan fingerprint density at radius 3 is 2.80 bits per heavy atom. The van der Waals surface area contributed by atoms with Gasteiger partial charge in [0.25, 0.3) is 0 Å². The molecule has 1 aromatic carbocycles. The number of rotatable bonds is 1. The summed E-state index contributed by atoms with van der Waals surface area (Å²) in [7, 11) is 0. The van der Waals surface area contributed by atoms with Gasteiger partial charge in [0.1, 0.15) is 5.82 Å². The lowest BCUT2D eigenvalue weighted by atomic mass is 9.89. The van der Waals surface area contributed by atoms with Gasteiger partial charge >= 0.3 is 0 Å². The molecule has 80 valence electrons. The van der Waals surface area contributed by atoms with Crippen LogP contribution in [0.5, 0.6) is 0 Å². The van der Waals surface area contributed by atoms with Gasteiger partial charge in [-0.1, -0.05) is 12.1 Å². The van der Waals surface area contributed by atoms with Crippen LogP contribution in [-0.4, -0.2) is 13.1 Å². The van der Waals surface area contributed by atoms with E-state index in [0.717, 1.165) is 13.1 Å². The molecule has 0 bridgehead atoms. The Labute approximate surface area is 89.7 Å². The fourth-order valence-corrected chi connectivity index (χ4v) is 3.02. The predicted octanol–water partition coefficient (Wildman–Crippen LogP) is 2.68. The third-order valence-corrected chi connectivity index (χ3v) is 4.04. The molecule has 15 heavy (non-hydrogen) atoms. The van der Waals surface area contributed by atoms with Crippen molar-refractivity contribution in [1.82, 2.24) is 5.32 Å². The van der Waals surface area contributed by atoms with E-state index in [-0.39, 0.29) is 5.82 Å². The molecule has 1 N–H and O–H groups in total. The standard InChI is InChI=1S/C13H16FN/c14-11-3-1-2-10(8-11)12-9-13(12)4-6-15-7-5-13/h1-3,8,12,15H,4-7,9H2. The zero-order chi connectivity index (χ0) is 10.3. The molecular formula is C13H16FN. The van der Waals surface area contributed by atoms with E-state index in [9.17, 15) is 4.39 Å². The minimum Gasteiger partial charge on any atom is -0.317 e. The van der Waals surface area contributed by atoms with Gasteiger partial charge in [-0.05, 0) is 61.4 Å². The number of piperidine rings is 1. The number of benzene rings is 1. The Morgan fingerprint density at radius 1 is 1.27 bits per heavy atom. The fourth-order valence-electron chi connectivity index (χ4n) is 3.02. The van der Waals surface area contributed by atoms with Gasteiger partial charge < -0.3 is 5.32 Å². The maximum Gasteiger partial charge on any atom is 0.123 e. The van der Waals surface area contributed by atoms with Gasteiger partial charge in [-0.25, -0.2) is 4.39 Å². The first-order chi connectivity index (χ1) is 7.30. The molecule has 1 atom stereocenters. The summed E-state index contributed by atoms with van der Waals surface area (Å²) >= 11 is 0. The van der Waals surface area contributed by atoms with Gasteiger partial charge in [-0.2, -0.15) is 0 Å². The monoisotopic (exact) mass is 205 g/mol. The van der Waals surface area contributed by atoms with Crippen molar-refractivity contribution >= 4 is 0 Å². The first kappa shape index (κ1) is 9.34. The van der Waals surface area contributed by atoms with Crippen molar-refractivity contribution in [3.8, 4) is 0 Å². The molecule has 2 fully saturated rings. The van der Waals surface area contributed by atoms with Crippen LogP contribution in [0.2, 0.25) is 0 Å². The van der Waals surface area contributed by atoms with E-state index >= 15 is 0 Å². The molecule has 0 radical (unpaired) electrons. The van der Waals surface area contributed by atoms with E-state index < -0.39 is 0 Å². The van der Waals surface area contributed by atoms with Gasteiger partial charge in [0, 0.05) is 0 Å². The number of hydrogen-bond acceptors (Lipinski definition) is 1. The summed E-state index contributed by atoms with van der Waals surface area (Å²) in [6, 6.07) is 7.14. The Bertz CT molecular complexity index is 369. The second-order valence-electron chi connectivity index (χ2n) is 4.92. The van der Waals surface area contributed by atoms with E-state index in [2.05, 4.69) is 11.4 Å². The summed E-state index contributed by atoms with van der Waals surface area (Å²) in [5.74, 6) is 0.527. The van der Waals surface area contributed by atoms with Crippen LogP contribution in [0.1, 0.15) is 30.7 Å². The number of hydrogen-bond donors (Lipinski definition) is 1. The highest BCUT2D eigenvalue weighted by molar-refractivity contribution is 5.30. The maximum absolute atomic E-state index is 13.1. The normalized spacial score (nSPS) is 27.9. The zero-order valence-corrected chi connectivity index (χ0v) is 8.80. The van der Waals surface area contributed by atoms with Gasteiger partial charge in [0.05, 0.1) is 0 Å². The maximum atomic E-state index is 13.1. The smallest absolute Gasteiger partial charge is 0.123 e. The van der Waals surface area contributed by atoms with Crippen LogP contribution in [0.3, 0.4) is 0 Å². The van der Waals surface area contributed by atoms with Crippen molar-refractivity contribution in [3.05, 3.63) is 35.6 Å². The molecule has 0 aromatic heterocycles. The van der Waals surface area contributed by atoms with Crippen LogP contribution in [0.25, 0.3) is 0 Å². The van der Waals surface area contributed by atoms with Gasteiger partial charge in [0.2, 0.25) is 0 Å². The summed E-state index contributed by atoms with van der Waals surface area (Å²) in [4.78, 5) is 0. The van der Waals surface area contributed by atoms with E-state index in [1.807, 2.05) is 6.07 Å². The molecule has 0 amide bonds. The average molecular weight is 205 g/mol. The molecule has 1 aromatic rings. The molecule has 1 unspecified atom stereocenters. The molecular weight excluding hydrogens is 189 g/mol. The number of nitrogens with one attached hydrogen (secondary N) is 1. The minimum atomic E-state index is -0.0940. The Morgan fingerprint density at radius 2 is 2.07 bits per heavy atom. The zero-order valence-electron chi connectivity index (χ0n) is 8.80.